The van der Waals surface area contributed by atoms with Gasteiger partial charge in [0.25, 0.3) is 0 Å². The second-order valence-electron chi connectivity index (χ2n) is 13.2. The topological polar surface area (TPSA) is 40.6 Å². The molecular formula is C45H54N2O2. The summed E-state index contributed by atoms with van der Waals surface area (Å²) in [5, 5.41) is 8.42. The summed E-state index contributed by atoms with van der Waals surface area (Å²) in [6.45, 7) is 21.0. The van der Waals surface area contributed by atoms with Crippen LogP contribution in [0.4, 0.5) is 5.69 Å². The van der Waals surface area contributed by atoms with Crippen LogP contribution in [0.1, 0.15) is 98.2 Å². The van der Waals surface area contributed by atoms with Crippen molar-refractivity contribution in [1.82, 2.24) is 4.90 Å². The van der Waals surface area contributed by atoms with Crippen LogP contribution in [-0.4, -0.2) is 38.1 Å². The maximum absolute atomic E-state index is 12.4. The van der Waals surface area contributed by atoms with Crippen molar-refractivity contribution in [2.24, 2.45) is 5.92 Å². The zero-order valence-electron chi connectivity index (χ0n) is 31.1. The number of anilines is 1. The van der Waals surface area contributed by atoms with E-state index < -0.39 is 0 Å². The highest BCUT2D eigenvalue weighted by Gasteiger charge is 2.21. The Morgan fingerprint density at radius 3 is 1.78 bits per heavy atom. The summed E-state index contributed by atoms with van der Waals surface area (Å²) in [5.41, 5.74) is 6.73. The second kappa shape index (κ2) is 16.6. The molecule has 0 spiro atoms. The molecule has 0 radical (unpaired) electrons. The molecule has 0 aliphatic rings. The van der Waals surface area contributed by atoms with Crippen molar-refractivity contribution in [3.63, 3.8) is 0 Å². The Kier molecular flexibility index (Phi) is 12.6. The third kappa shape index (κ3) is 7.34. The van der Waals surface area contributed by atoms with Crippen LogP contribution in [0.2, 0.25) is 0 Å². The number of carbonyl (C=O) groups is 2. The zero-order chi connectivity index (χ0) is 35.8. The molecule has 49 heavy (non-hydrogen) atoms. The minimum absolute atomic E-state index is 0.663. The highest BCUT2D eigenvalue weighted by Crippen LogP contribution is 2.44. The molecule has 0 bridgehead atoms. The molecule has 0 saturated heterocycles. The Hall–Kier alpha value is -4.70. The molecule has 4 heteroatoms. The van der Waals surface area contributed by atoms with Gasteiger partial charge in [-0.3, -0.25) is 9.59 Å². The lowest BCUT2D eigenvalue weighted by Gasteiger charge is -2.25. The molecule has 6 aromatic carbocycles. The molecular weight excluding hydrogens is 601 g/mol. The number of benzene rings is 6. The molecule has 0 unspecified atom stereocenters. The number of fused-ring (bicyclic) bond motifs is 2. The van der Waals surface area contributed by atoms with Crippen LogP contribution < -0.4 is 4.90 Å². The molecule has 0 fully saturated rings. The second-order valence-corrected chi connectivity index (χ2v) is 13.2. The van der Waals surface area contributed by atoms with Gasteiger partial charge in [-0.2, -0.15) is 0 Å². The Labute approximate surface area is 293 Å². The highest BCUT2D eigenvalue weighted by atomic mass is 16.1. The van der Waals surface area contributed by atoms with Crippen molar-refractivity contribution < 1.29 is 9.59 Å². The summed E-state index contributed by atoms with van der Waals surface area (Å²) in [7, 11) is 4.17. The number of hydrogen-bond donors (Lipinski definition) is 0. The molecule has 6 aromatic rings. The lowest BCUT2D eigenvalue weighted by atomic mass is 9.84. The van der Waals surface area contributed by atoms with Crippen molar-refractivity contribution in [2.45, 2.75) is 74.3 Å². The Morgan fingerprint density at radius 1 is 0.735 bits per heavy atom. The van der Waals surface area contributed by atoms with Crippen molar-refractivity contribution >= 4 is 67.0 Å². The number of hydrogen-bond acceptors (Lipinski definition) is 4. The number of nitrogens with zero attached hydrogens (tertiary/aromatic N) is 2. The zero-order valence-corrected chi connectivity index (χ0v) is 31.1. The lowest BCUT2D eigenvalue weighted by molar-refractivity contribution is 0.111. The largest absolute Gasteiger partial charge is 0.375 e. The molecule has 0 N–H and O–H groups in total. The molecule has 0 saturated carbocycles. The predicted octanol–water partition coefficient (Wildman–Crippen LogP) is 12.1. The molecule has 0 heterocycles. The van der Waals surface area contributed by atoms with E-state index in [1.807, 2.05) is 26.0 Å². The molecule has 256 valence electrons. The van der Waals surface area contributed by atoms with E-state index in [0.29, 0.717) is 17.7 Å². The van der Waals surface area contributed by atoms with Gasteiger partial charge in [0.1, 0.15) is 0 Å². The van der Waals surface area contributed by atoms with E-state index in [2.05, 4.69) is 126 Å². The standard InChI is InChI=1S/C38H36N2O2.C5H12.C2H6/c1-6-7-20-39(4)25(3)29-18-19-33-30-15-12-26(21-40(5)34-11-9-8-10-24(34)2)35-27(22-41)13-16-31(37(30)35)32-17-14-28(23-42)36(29)38(32)33;1-4-5(2)3;1-2/h8-19,22-23H,3,6-7,20-21H2,1-2,4-5H3;5H,4H2,1-3H3;1-2H3. The van der Waals surface area contributed by atoms with Crippen LogP contribution in [0.15, 0.2) is 79.4 Å². The van der Waals surface area contributed by atoms with Crippen molar-refractivity contribution in [1.29, 1.82) is 0 Å². The normalized spacial score (nSPS) is 11.0. The van der Waals surface area contributed by atoms with E-state index in [1.54, 1.807) is 0 Å². The van der Waals surface area contributed by atoms with Gasteiger partial charge in [-0.25, -0.2) is 0 Å². The number of para-hydroxylation sites is 1. The van der Waals surface area contributed by atoms with E-state index in [1.165, 1.54) is 17.7 Å². The Balaban J connectivity index is 0.000000710. The predicted molar refractivity (Wildman–Crippen MR) is 215 cm³/mol. The van der Waals surface area contributed by atoms with Crippen LogP contribution in [0, 0.1) is 12.8 Å². The number of unbranched alkanes of at least 4 members (excludes halogenated alkanes) is 1. The minimum atomic E-state index is 0.663. The lowest BCUT2D eigenvalue weighted by Crippen LogP contribution is -2.18. The first-order valence-corrected chi connectivity index (χ1v) is 17.9. The smallest absolute Gasteiger partial charge is 0.150 e. The van der Waals surface area contributed by atoms with Gasteiger partial charge in [-0.15, -0.1) is 0 Å². The summed E-state index contributed by atoms with van der Waals surface area (Å²) in [6.07, 6.45) is 5.41. The molecule has 0 aliphatic carbocycles. The average molecular weight is 655 g/mol. The van der Waals surface area contributed by atoms with Gasteiger partial charge in [0.15, 0.2) is 12.6 Å². The van der Waals surface area contributed by atoms with Crippen molar-refractivity contribution in [3.05, 3.63) is 107 Å². The van der Waals surface area contributed by atoms with E-state index in [4.69, 9.17) is 0 Å². The highest BCUT2D eigenvalue weighted by molar-refractivity contribution is 6.36. The van der Waals surface area contributed by atoms with E-state index in [-0.39, 0.29) is 0 Å². The van der Waals surface area contributed by atoms with Crippen LogP contribution in [0.5, 0.6) is 0 Å². The van der Waals surface area contributed by atoms with E-state index >= 15 is 0 Å². The van der Waals surface area contributed by atoms with Gasteiger partial charge in [-0.1, -0.05) is 128 Å². The first-order valence-electron chi connectivity index (χ1n) is 17.9. The number of carbonyl (C=O) groups excluding carboxylic acids is 2. The van der Waals surface area contributed by atoms with Crippen LogP contribution in [0.3, 0.4) is 0 Å². The van der Waals surface area contributed by atoms with Crippen molar-refractivity contribution in [3.8, 4) is 0 Å². The monoisotopic (exact) mass is 654 g/mol. The van der Waals surface area contributed by atoms with Gasteiger partial charge in [0.05, 0.1) is 0 Å². The van der Waals surface area contributed by atoms with Gasteiger partial charge in [-0.05, 0) is 74.2 Å². The number of aldehydes is 2. The van der Waals surface area contributed by atoms with Gasteiger partial charge < -0.3 is 9.80 Å². The van der Waals surface area contributed by atoms with Crippen LogP contribution in [-0.2, 0) is 6.54 Å². The molecule has 0 aliphatic heterocycles. The van der Waals surface area contributed by atoms with E-state index in [0.717, 1.165) is 97.8 Å². The van der Waals surface area contributed by atoms with Gasteiger partial charge in [0, 0.05) is 60.6 Å². The quantitative estimate of drug-likeness (QED) is 0.0792. The molecule has 6 rings (SSSR count). The number of aryl methyl sites for hydroxylation is 1. The fourth-order valence-corrected chi connectivity index (χ4v) is 6.65. The summed E-state index contributed by atoms with van der Waals surface area (Å²) in [4.78, 5) is 29.2. The maximum atomic E-state index is 12.4. The minimum Gasteiger partial charge on any atom is -0.375 e. The Bertz CT molecular complexity index is 2050. The SMILES string of the molecule is C=C(c1ccc2c3ccc(CN(C)c4ccccc4C)c4c(C=O)ccc(c5ccc(C=O)c1c52)c43)N(C)CCCC.CC.CCC(C)C. The Morgan fingerprint density at radius 2 is 1.24 bits per heavy atom. The maximum Gasteiger partial charge on any atom is 0.150 e. The van der Waals surface area contributed by atoms with E-state index in [9.17, 15) is 9.59 Å². The average Bonchev–Trinajstić information content (AvgIpc) is 3.13. The molecule has 0 amide bonds. The third-order valence-corrected chi connectivity index (χ3v) is 9.68. The summed E-state index contributed by atoms with van der Waals surface area (Å²) in [6, 6.07) is 25.0. The van der Waals surface area contributed by atoms with Gasteiger partial charge >= 0.3 is 0 Å². The fourth-order valence-electron chi connectivity index (χ4n) is 6.65. The molecule has 0 aromatic heterocycles. The van der Waals surface area contributed by atoms with Crippen LogP contribution >= 0.6 is 0 Å². The number of rotatable bonds is 11. The fraction of sp³-hybridized carbons (Fsp3) is 0.333. The van der Waals surface area contributed by atoms with Crippen LogP contribution in [0.25, 0.3) is 48.8 Å². The first kappa shape index (κ1) is 37.1. The van der Waals surface area contributed by atoms with Crippen molar-refractivity contribution in [2.75, 3.05) is 25.5 Å². The summed E-state index contributed by atoms with van der Waals surface area (Å²) in [5.74, 6) is 0.884. The summed E-state index contributed by atoms with van der Waals surface area (Å²) >= 11 is 0. The summed E-state index contributed by atoms with van der Waals surface area (Å²) < 4.78 is 0. The molecule has 4 nitrogen and oxygen atoms in total. The molecule has 0 atom stereocenters. The third-order valence-electron chi connectivity index (χ3n) is 9.68. The first-order chi connectivity index (χ1) is 23.7. The van der Waals surface area contributed by atoms with Gasteiger partial charge in [0.2, 0.25) is 0 Å².